The molecule has 3 aliphatic carbocycles. The highest BCUT2D eigenvalue weighted by Crippen LogP contribution is 2.37. The first-order chi connectivity index (χ1) is 6.75. The van der Waals surface area contributed by atoms with Gasteiger partial charge in [0.15, 0.2) is 0 Å². The van der Waals surface area contributed by atoms with Crippen LogP contribution in [0.3, 0.4) is 0 Å². The summed E-state index contributed by atoms with van der Waals surface area (Å²) >= 11 is 0. The summed E-state index contributed by atoms with van der Waals surface area (Å²) in [4.78, 5) is 10.5. The van der Waals surface area contributed by atoms with E-state index in [1.165, 1.54) is 32.1 Å². The van der Waals surface area contributed by atoms with Gasteiger partial charge >= 0.3 is 6.03 Å². The molecule has 0 aliphatic heterocycles. The van der Waals surface area contributed by atoms with Crippen LogP contribution in [0.4, 0.5) is 4.79 Å². The zero-order valence-corrected chi connectivity index (χ0v) is 8.33. The molecule has 0 spiro atoms. The number of primary amides is 1. The summed E-state index contributed by atoms with van der Waals surface area (Å²) in [5.74, 6) is 1.39. The number of carbonyl (C=O) groups is 1. The summed E-state index contributed by atoms with van der Waals surface area (Å²) in [5.41, 5.74) is 8.51. The number of hydrogen-bond donors (Lipinski definition) is 2. The molecule has 2 bridgehead atoms. The molecule has 3 aliphatic rings. The Morgan fingerprint density at radius 3 is 3.00 bits per heavy atom. The van der Waals surface area contributed by atoms with Gasteiger partial charge in [-0.2, -0.15) is 5.10 Å². The lowest BCUT2D eigenvalue weighted by Gasteiger charge is -2.24. The molecule has 0 saturated heterocycles. The number of carbonyl (C=O) groups excluding carboxylic acids is 1. The van der Waals surface area contributed by atoms with Crippen LogP contribution in [-0.2, 0) is 0 Å². The lowest BCUT2D eigenvalue weighted by molar-refractivity contribution is 0.249. The second-order valence-electron chi connectivity index (χ2n) is 4.35. The normalized spacial score (nSPS) is 34.1. The number of rotatable bonds is 1. The molecule has 78 valence electrons. The van der Waals surface area contributed by atoms with Crippen LogP contribution in [-0.4, -0.2) is 11.7 Å². The zero-order valence-electron chi connectivity index (χ0n) is 8.33. The molecule has 14 heavy (non-hydrogen) atoms. The Morgan fingerprint density at radius 1 is 1.36 bits per heavy atom. The molecular formula is C10H17N3O. The second-order valence-corrected chi connectivity index (χ2v) is 4.35. The van der Waals surface area contributed by atoms with Gasteiger partial charge in [0.2, 0.25) is 0 Å². The van der Waals surface area contributed by atoms with Crippen molar-refractivity contribution in [2.24, 2.45) is 22.7 Å². The largest absolute Gasteiger partial charge is 0.350 e. The van der Waals surface area contributed by atoms with Crippen molar-refractivity contribution in [2.45, 2.75) is 38.5 Å². The summed E-state index contributed by atoms with van der Waals surface area (Å²) in [5, 5.41) is 4.12. The van der Waals surface area contributed by atoms with E-state index in [1.807, 2.05) is 0 Å². The van der Waals surface area contributed by atoms with Crippen molar-refractivity contribution in [1.29, 1.82) is 0 Å². The average Bonchev–Trinajstić information content (AvgIpc) is 2.48. The second kappa shape index (κ2) is 3.98. The minimum Gasteiger partial charge on any atom is -0.350 e. The van der Waals surface area contributed by atoms with E-state index in [2.05, 4.69) is 10.5 Å². The van der Waals surface area contributed by atoms with Gasteiger partial charge in [-0.3, -0.25) is 0 Å². The number of amides is 2. The number of hydrogen-bond acceptors (Lipinski definition) is 2. The fourth-order valence-corrected chi connectivity index (χ4v) is 2.64. The van der Waals surface area contributed by atoms with Crippen LogP contribution in [0.2, 0.25) is 0 Å². The summed E-state index contributed by atoms with van der Waals surface area (Å²) < 4.78 is 0. The summed E-state index contributed by atoms with van der Waals surface area (Å²) in [6, 6.07) is -0.558. The van der Waals surface area contributed by atoms with E-state index in [-0.39, 0.29) is 0 Å². The van der Waals surface area contributed by atoms with Crippen LogP contribution in [0.15, 0.2) is 5.10 Å². The van der Waals surface area contributed by atoms with Crippen molar-refractivity contribution in [1.82, 2.24) is 5.43 Å². The van der Waals surface area contributed by atoms with E-state index in [9.17, 15) is 4.79 Å². The molecule has 0 aromatic heterocycles. The molecule has 4 heteroatoms. The van der Waals surface area contributed by atoms with Crippen LogP contribution in [0.25, 0.3) is 0 Å². The van der Waals surface area contributed by atoms with E-state index in [4.69, 9.17) is 5.73 Å². The third-order valence-electron chi connectivity index (χ3n) is 3.37. The number of urea groups is 1. The first kappa shape index (κ1) is 9.49. The van der Waals surface area contributed by atoms with Crippen LogP contribution in [0, 0.1) is 11.8 Å². The Balaban J connectivity index is 2.04. The predicted molar refractivity (Wildman–Crippen MR) is 54.8 cm³/mol. The number of nitrogens with one attached hydrogen (secondary N) is 1. The molecule has 3 fully saturated rings. The maximum Gasteiger partial charge on any atom is 0.332 e. The molecule has 3 rings (SSSR count). The Kier molecular flexibility index (Phi) is 2.70. The third-order valence-corrected chi connectivity index (χ3v) is 3.37. The summed E-state index contributed by atoms with van der Waals surface area (Å²) in [6.07, 6.45) is 7.50. The number of nitrogens with zero attached hydrogens (tertiary/aromatic N) is 1. The van der Waals surface area contributed by atoms with Crippen molar-refractivity contribution < 1.29 is 4.79 Å². The Morgan fingerprint density at radius 2 is 2.21 bits per heavy atom. The monoisotopic (exact) mass is 195 g/mol. The molecule has 2 atom stereocenters. The number of nitrogens with two attached hydrogens (primary N) is 1. The van der Waals surface area contributed by atoms with E-state index < -0.39 is 6.03 Å². The van der Waals surface area contributed by atoms with Crippen molar-refractivity contribution in [3.63, 3.8) is 0 Å². The van der Waals surface area contributed by atoms with Gasteiger partial charge in [-0.15, -0.1) is 0 Å². The molecule has 3 saturated carbocycles. The minimum atomic E-state index is -0.558. The Hall–Kier alpha value is -1.06. The van der Waals surface area contributed by atoms with Crippen molar-refractivity contribution >= 4 is 11.7 Å². The lowest BCUT2D eigenvalue weighted by Crippen LogP contribution is -2.29. The SMILES string of the molecule is NC(=O)N/N=C1/C[C@H]2CCC[C@@H]1CC2. The van der Waals surface area contributed by atoms with Crippen molar-refractivity contribution in [2.75, 3.05) is 0 Å². The van der Waals surface area contributed by atoms with Crippen LogP contribution < -0.4 is 11.2 Å². The highest BCUT2D eigenvalue weighted by atomic mass is 16.2. The zero-order chi connectivity index (χ0) is 9.97. The molecule has 4 nitrogen and oxygen atoms in total. The van der Waals surface area contributed by atoms with E-state index in [0.29, 0.717) is 5.92 Å². The van der Waals surface area contributed by atoms with Gasteiger partial charge in [-0.1, -0.05) is 12.8 Å². The van der Waals surface area contributed by atoms with Crippen molar-refractivity contribution in [3.05, 3.63) is 0 Å². The van der Waals surface area contributed by atoms with E-state index in [1.54, 1.807) is 0 Å². The quantitative estimate of drug-likeness (QED) is 0.613. The maximum absolute atomic E-state index is 10.5. The van der Waals surface area contributed by atoms with Gasteiger partial charge in [0.1, 0.15) is 0 Å². The molecule has 0 radical (unpaired) electrons. The molecule has 3 N–H and O–H groups in total. The maximum atomic E-state index is 10.5. The van der Waals surface area contributed by atoms with Gasteiger partial charge in [-0.05, 0) is 37.5 Å². The molecule has 0 aromatic rings. The fraction of sp³-hybridized carbons (Fsp3) is 0.800. The van der Waals surface area contributed by atoms with E-state index >= 15 is 0 Å². The number of hydrazone groups is 1. The van der Waals surface area contributed by atoms with Gasteiger partial charge < -0.3 is 5.73 Å². The highest BCUT2D eigenvalue weighted by molar-refractivity contribution is 5.88. The summed E-state index contributed by atoms with van der Waals surface area (Å²) in [6.45, 7) is 0. The standard InChI is InChI=1S/C10H17N3O/c11-10(14)13-12-9-6-7-2-1-3-8(9)5-4-7/h7-8H,1-6H2,(H3,11,13,14)/b12-9-/t7-,8+/m0/s1. The molecule has 2 amide bonds. The fourth-order valence-electron chi connectivity index (χ4n) is 2.64. The predicted octanol–water partition coefficient (Wildman–Crippen LogP) is 1.61. The molecule has 0 aromatic carbocycles. The Labute approximate surface area is 83.9 Å². The van der Waals surface area contributed by atoms with E-state index in [0.717, 1.165) is 18.1 Å². The third kappa shape index (κ3) is 2.05. The first-order valence-corrected chi connectivity index (χ1v) is 5.37. The smallest absolute Gasteiger partial charge is 0.332 e. The highest BCUT2D eigenvalue weighted by Gasteiger charge is 2.30. The molecule has 0 heterocycles. The van der Waals surface area contributed by atoms with Crippen molar-refractivity contribution in [3.8, 4) is 0 Å². The average molecular weight is 195 g/mol. The Bertz CT molecular complexity index is 258. The van der Waals surface area contributed by atoms with Crippen LogP contribution in [0.5, 0.6) is 0 Å². The van der Waals surface area contributed by atoms with Gasteiger partial charge in [0.25, 0.3) is 0 Å². The van der Waals surface area contributed by atoms with Crippen LogP contribution >= 0.6 is 0 Å². The first-order valence-electron chi connectivity index (χ1n) is 5.37. The lowest BCUT2D eigenvalue weighted by atomic mass is 9.82. The number of fused-ring (bicyclic) bond motifs is 4. The van der Waals surface area contributed by atoms with Gasteiger partial charge in [-0.25, -0.2) is 10.2 Å². The topological polar surface area (TPSA) is 67.5 Å². The van der Waals surface area contributed by atoms with Gasteiger partial charge in [0, 0.05) is 5.71 Å². The molecule has 0 unspecified atom stereocenters. The van der Waals surface area contributed by atoms with Gasteiger partial charge in [0.05, 0.1) is 0 Å². The summed E-state index contributed by atoms with van der Waals surface area (Å²) in [7, 11) is 0. The molecular weight excluding hydrogens is 178 g/mol. The minimum absolute atomic E-state index is 0.558. The van der Waals surface area contributed by atoms with Crippen LogP contribution in [0.1, 0.15) is 38.5 Å².